The molecule has 2 atom stereocenters. The van der Waals surface area contributed by atoms with Crippen LogP contribution in [0, 0.1) is 11.6 Å². The van der Waals surface area contributed by atoms with Gasteiger partial charge in [0.05, 0.1) is 17.9 Å². The topological polar surface area (TPSA) is 74.8 Å². The number of carbonyl (C=O) groups is 2. The van der Waals surface area contributed by atoms with Crippen LogP contribution in [0.4, 0.5) is 13.6 Å². The Labute approximate surface area is 226 Å². The summed E-state index contributed by atoms with van der Waals surface area (Å²) in [6, 6.07) is 7.65. The van der Waals surface area contributed by atoms with E-state index in [1.807, 2.05) is 31.2 Å². The standard InChI is InChI=1S/C28H34F2N4O3S/c1-18-5-10-25(34(18)38-22-8-6-21(29)7-9-22)26(35)32-16-20-15-24(31-17-23(20)30)19-11-13-33(14-12-19)27(36)37-28(2,3)4/h6-9,11,15,17-18,25H,5,10,12-14,16H2,1-4H3,(H,32,35). The van der Waals surface area contributed by atoms with Crippen molar-refractivity contribution in [3.63, 3.8) is 0 Å². The van der Waals surface area contributed by atoms with Crippen LogP contribution in [0.1, 0.15) is 58.2 Å². The number of ether oxygens (including phenoxy) is 1. The van der Waals surface area contributed by atoms with Gasteiger partial charge in [-0.3, -0.25) is 9.78 Å². The summed E-state index contributed by atoms with van der Waals surface area (Å²) in [5, 5.41) is 2.89. The van der Waals surface area contributed by atoms with Crippen molar-refractivity contribution in [2.75, 3.05) is 13.1 Å². The number of aromatic nitrogens is 1. The number of rotatable bonds is 6. The lowest BCUT2D eigenvalue weighted by atomic mass is 10.0. The Hall–Kier alpha value is -2.98. The van der Waals surface area contributed by atoms with E-state index in [9.17, 15) is 18.4 Å². The first-order valence-electron chi connectivity index (χ1n) is 12.8. The molecule has 204 valence electrons. The molecule has 2 aliphatic rings. The summed E-state index contributed by atoms with van der Waals surface area (Å²) in [7, 11) is 0. The third kappa shape index (κ3) is 7.11. The second kappa shape index (κ2) is 11.8. The average molecular weight is 545 g/mol. The van der Waals surface area contributed by atoms with Crippen molar-refractivity contribution >= 4 is 29.5 Å². The van der Waals surface area contributed by atoms with E-state index in [1.54, 1.807) is 23.1 Å². The molecule has 1 aromatic heterocycles. The van der Waals surface area contributed by atoms with Crippen LogP contribution in [-0.4, -0.2) is 57.0 Å². The molecule has 10 heteroatoms. The molecule has 4 rings (SSSR count). The number of nitrogens with one attached hydrogen (secondary N) is 1. The first-order chi connectivity index (χ1) is 18.0. The average Bonchev–Trinajstić information content (AvgIpc) is 3.23. The Morgan fingerprint density at radius 3 is 2.58 bits per heavy atom. The number of nitrogens with zero attached hydrogens (tertiary/aromatic N) is 3. The number of hydrogen-bond acceptors (Lipinski definition) is 6. The molecule has 7 nitrogen and oxygen atoms in total. The van der Waals surface area contributed by atoms with Crippen molar-refractivity contribution in [1.82, 2.24) is 19.5 Å². The van der Waals surface area contributed by atoms with Crippen molar-refractivity contribution in [2.24, 2.45) is 0 Å². The molecular formula is C28H34F2N4O3S. The van der Waals surface area contributed by atoms with E-state index in [0.29, 0.717) is 37.2 Å². The Morgan fingerprint density at radius 2 is 1.92 bits per heavy atom. The van der Waals surface area contributed by atoms with Gasteiger partial charge in [-0.2, -0.15) is 0 Å². The maximum atomic E-state index is 14.6. The van der Waals surface area contributed by atoms with E-state index >= 15 is 0 Å². The van der Waals surface area contributed by atoms with Gasteiger partial charge in [0.1, 0.15) is 17.2 Å². The highest BCUT2D eigenvalue weighted by molar-refractivity contribution is 7.97. The predicted molar refractivity (Wildman–Crippen MR) is 143 cm³/mol. The van der Waals surface area contributed by atoms with Gasteiger partial charge < -0.3 is 15.0 Å². The summed E-state index contributed by atoms with van der Waals surface area (Å²) >= 11 is 1.43. The number of amides is 2. The second-order valence-electron chi connectivity index (χ2n) is 10.6. The third-order valence-electron chi connectivity index (χ3n) is 6.50. The Balaban J connectivity index is 1.37. The lowest BCUT2D eigenvalue weighted by Gasteiger charge is -2.29. The summed E-state index contributed by atoms with van der Waals surface area (Å²) in [6.07, 6.45) is 4.82. The fourth-order valence-corrected chi connectivity index (χ4v) is 5.58. The van der Waals surface area contributed by atoms with Gasteiger partial charge in [0, 0.05) is 36.1 Å². The first-order valence-corrected chi connectivity index (χ1v) is 13.6. The van der Waals surface area contributed by atoms with Crippen LogP contribution < -0.4 is 5.32 Å². The zero-order chi connectivity index (χ0) is 27.4. The molecule has 0 bridgehead atoms. The predicted octanol–water partition coefficient (Wildman–Crippen LogP) is 5.56. The number of pyridine rings is 1. The molecule has 38 heavy (non-hydrogen) atoms. The molecule has 0 saturated carbocycles. The molecule has 1 N–H and O–H groups in total. The minimum atomic E-state index is -0.563. The molecule has 0 aliphatic carbocycles. The smallest absolute Gasteiger partial charge is 0.410 e. The van der Waals surface area contributed by atoms with E-state index in [4.69, 9.17) is 4.74 Å². The molecule has 0 radical (unpaired) electrons. The van der Waals surface area contributed by atoms with Gasteiger partial charge in [0.2, 0.25) is 5.91 Å². The molecule has 2 aromatic rings. The number of halogens is 2. The maximum absolute atomic E-state index is 14.6. The Bertz CT molecular complexity index is 1200. The van der Waals surface area contributed by atoms with Crippen LogP contribution in [0.2, 0.25) is 0 Å². The zero-order valence-corrected chi connectivity index (χ0v) is 23.0. The molecule has 2 unspecified atom stereocenters. The fourth-order valence-electron chi connectivity index (χ4n) is 4.46. The van der Waals surface area contributed by atoms with Crippen molar-refractivity contribution in [3.05, 3.63) is 65.5 Å². The van der Waals surface area contributed by atoms with Crippen LogP contribution in [0.15, 0.2) is 47.5 Å². The molecule has 1 aromatic carbocycles. The van der Waals surface area contributed by atoms with Gasteiger partial charge in [-0.1, -0.05) is 6.08 Å². The fraction of sp³-hybridized carbons (Fsp3) is 0.464. The number of carbonyl (C=O) groups excluding carboxylic acids is 2. The van der Waals surface area contributed by atoms with Crippen LogP contribution in [0.25, 0.3) is 5.57 Å². The summed E-state index contributed by atoms with van der Waals surface area (Å²) < 4.78 is 35.3. The van der Waals surface area contributed by atoms with Gasteiger partial charge in [-0.25, -0.2) is 17.9 Å². The minimum Gasteiger partial charge on any atom is -0.444 e. The molecule has 1 saturated heterocycles. The van der Waals surface area contributed by atoms with E-state index in [0.717, 1.165) is 16.9 Å². The summed E-state index contributed by atoms with van der Waals surface area (Å²) in [5.41, 5.74) is 1.33. The largest absolute Gasteiger partial charge is 0.444 e. The van der Waals surface area contributed by atoms with Crippen LogP contribution in [0.3, 0.4) is 0 Å². The zero-order valence-electron chi connectivity index (χ0n) is 22.2. The van der Waals surface area contributed by atoms with Crippen LogP contribution in [-0.2, 0) is 16.1 Å². The van der Waals surface area contributed by atoms with E-state index in [1.165, 1.54) is 30.3 Å². The molecule has 2 aliphatic heterocycles. The van der Waals surface area contributed by atoms with Gasteiger partial charge in [0.25, 0.3) is 0 Å². The monoisotopic (exact) mass is 544 g/mol. The summed E-state index contributed by atoms with van der Waals surface area (Å²) in [5.74, 6) is -0.967. The second-order valence-corrected chi connectivity index (χ2v) is 11.7. The first kappa shape index (κ1) is 28.0. The van der Waals surface area contributed by atoms with Crippen LogP contribution >= 0.6 is 11.9 Å². The van der Waals surface area contributed by atoms with Crippen LogP contribution in [0.5, 0.6) is 0 Å². The normalized spacial score (nSPS) is 20.3. The molecule has 0 spiro atoms. The quantitative estimate of drug-likeness (QED) is 0.480. The summed E-state index contributed by atoms with van der Waals surface area (Å²) in [4.78, 5) is 32.1. The van der Waals surface area contributed by atoms with Gasteiger partial charge in [0.15, 0.2) is 0 Å². The maximum Gasteiger partial charge on any atom is 0.410 e. The molecule has 3 heterocycles. The highest BCUT2D eigenvalue weighted by Crippen LogP contribution is 2.35. The van der Waals surface area contributed by atoms with Crippen molar-refractivity contribution in [3.8, 4) is 0 Å². The Morgan fingerprint density at radius 1 is 1.18 bits per heavy atom. The highest BCUT2D eigenvalue weighted by Gasteiger charge is 2.36. The lowest BCUT2D eigenvalue weighted by molar-refractivity contribution is -0.124. The third-order valence-corrected chi connectivity index (χ3v) is 7.81. The van der Waals surface area contributed by atoms with E-state index in [-0.39, 0.29) is 36.4 Å². The van der Waals surface area contributed by atoms with E-state index in [2.05, 4.69) is 17.2 Å². The molecular weight excluding hydrogens is 510 g/mol. The molecule has 1 fully saturated rings. The van der Waals surface area contributed by atoms with Gasteiger partial charge in [-0.15, -0.1) is 0 Å². The summed E-state index contributed by atoms with van der Waals surface area (Å²) in [6.45, 7) is 8.44. The molecule has 2 amide bonds. The minimum absolute atomic E-state index is 0.0391. The SMILES string of the molecule is CC1CCC(C(=O)NCc2cc(C3=CCN(C(=O)OC(C)(C)C)CC3)ncc2F)N1Sc1ccc(F)cc1. The van der Waals surface area contributed by atoms with Crippen molar-refractivity contribution in [1.29, 1.82) is 0 Å². The van der Waals surface area contributed by atoms with Crippen molar-refractivity contribution in [2.45, 2.75) is 76.1 Å². The highest BCUT2D eigenvalue weighted by atomic mass is 32.2. The van der Waals surface area contributed by atoms with Gasteiger partial charge >= 0.3 is 6.09 Å². The number of hydrogen-bond donors (Lipinski definition) is 1. The van der Waals surface area contributed by atoms with Gasteiger partial charge in [-0.05, 0) is 94.8 Å². The lowest BCUT2D eigenvalue weighted by Crippen LogP contribution is -2.41. The van der Waals surface area contributed by atoms with E-state index < -0.39 is 11.4 Å². The van der Waals surface area contributed by atoms with Crippen molar-refractivity contribution < 1.29 is 23.1 Å². The number of benzene rings is 1. The Kier molecular flexibility index (Phi) is 8.72.